The topological polar surface area (TPSA) is 55.4 Å². The Morgan fingerprint density at radius 2 is 1.21 bits per heavy atom. The molecule has 7 heteroatoms. The van der Waals surface area contributed by atoms with E-state index in [2.05, 4.69) is 62.8 Å². The summed E-state index contributed by atoms with van der Waals surface area (Å²) in [4.78, 5) is 0. The summed E-state index contributed by atoms with van der Waals surface area (Å²) in [6.07, 6.45) is 13.2. The maximum absolute atomic E-state index is 7.14. The summed E-state index contributed by atoms with van der Waals surface area (Å²) in [5.41, 5.74) is 0. The third-order valence-electron chi connectivity index (χ3n) is 6.78. The van der Waals surface area contributed by atoms with Crippen LogP contribution < -0.4 is 10.4 Å². The van der Waals surface area contributed by atoms with Crippen molar-refractivity contribution in [2.24, 2.45) is 0 Å². The average molecular weight is 547 g/mol. The van der Waals surface area contributed by atoms with Gasteiger partial charge in [0.15, 0.2) is 6.29 Å². The van der Waals surface area contributed by atoms with Crippen molar-refractivity contribution in [1.82, 2.24) is 0 Å². The Morgan fingerprint density at radius 1 is 0.744 bits per heavy atom. The first-order valence-corrected chi connectivity index (χ1v) is 14.8. The van der Waals surface area contributed by atoms with E-state index in [4.69, 9.17) is 47.4 Å². The fraction of sp³-hybridized carbons (Fsp3) is 0.438. The van der Waals surface area contributed by atoms with Crippen molar-refractivity contribution >= 4 is 18.7 Å². The van der Waals surface area contributed by atoms with Crippen LogP contribution in [-0.2, 0) is 28.1 Å². The van der Waals surface area contributed by atoms with E-state index in [0.717, 1.165) is 10.4 Å². The second-order valence-electron chi connectivity index (χ2n) is 10.2. The Balaban J connectivity index is 2.05. The fourth-order valence-corrected chi connectivity index (χ4v) is 9.74. The van der Waals surface area contributed by atoms with E-state index >= 15 is 0 Å². The maximum atomic E-state index is 7.14. The minimum absolute atomic E-state index is 0.0366. The number of methoxy groups -OCH3 is 1. The SMILES string of the molecule is C#CCO[C@@H]1[C@@H](OCC#C)[C@H](OC)O[C@H](CO[Si](c2ccccc2)(c2ccccc2)C(C)(C)C)[C@H]1OCC#C. The van der Waals surface area contributed by atoms with Crippen molar-refractivity contribution in [3.8, 4) is 37.0 Å². The standard InChI is InChI=1S/C32H38O6Si/c1-8-21-34-28-27(38-31(33-7)30(36-23-10-3)29(28)35-22-9-2)24-37-39(32(4,5)6,25-17-13-11-14-18-25)26-19-15-12-16-20-26/h1-3,11-20,27-31H,21-24H2,4-7H3/t27-,28-,29+,30-,31-/m1/s1. The molecule has 1 aliphatic heterocycles. The van der Waals surface area contributed by atoms with E-state index in [-0.39, 0.29) is 31.5 Å². The Hall–Kier alpha value is -2.90. The zero-order valence-corrected chi connectivity index (χ0v) is 24.2. The van der Waals surface area contributed by atoms with Crippen LogP contribution >= 0.6 is 0 Å². The van der Waals surface area contributed by atoms with Gasteiger partial charge >= 0.3 is 0 Å². The zero-order chi connectivity index (χ0) is 28.3. The molecule has 206 valence electrons. The van der Waals surface area contributed by atoms with Gasteiger partial charge in [0.05, 0.1) is 6.61 Å². The van der Waals surface area contributed by atoms with Crippen molar-refractivity contribution in [3.05, 3.63) is 60.7 Å². The molecule has 0 bridgehead atoms. The summed E-state index contributed by atoms with van der Waals surface area (Å²) in [6.45, 7) is 6.96. The molecule has 5 atom stereocenters. The van der Waals surface area contributed by atoms with Gasteiger partial charge in [0, 0.05) is 7.11 Å². The maximum Gasteiger partial charge on any atom is 0.261 e. The van der Waals surface area contributed by atoms with Crippen LogP contribution in [0.25, 0.3) is 0 Å². The summed E-state index contributed by atoms with van der Waals surface area (Å²) in [5.74, 6) is 7.53. The third kappa shape index (κ3) is 7.00. The Morgan fingerprint density at radius 3 is 1.64 bits per heavy atom. The Labute approximate surface area is 234 Å². The predicted molar refractivity (Wildman–Crippen MR) is 155 cm³/mol. The monoisotopic (exact) mass is 546 g/mol. The first-order valence-electron chi connectivity index (χ1n) is 12.9. The third-order valence-corrected chi connectivity index (χ3v) is 11.8. The quantitative estimate of drug-likeness (QED) is 0.302. The van der Waals surface area contributed by atoms with Gasteiger partial charge in [-0.3, -0.25) is 0 Å². The van der Waals surface area contributed by atoms with E-state index < -0.39 is 39.0 Å². The molecule has 1 saturated heterocycles. The van der Waals surface area contributed by atoms with Crippen LogP contribution in [0.1, 0.15) is 20.8 Å². The molecule has 1 aliphatic rings. The summed E-state index contributed by atoms with van der Waals surface area (Å²) in [6, 6.07) is 20.8. The number of terminal acetylenes is 3. The number of benzene rings is 2. The zero-order valence-electron chi connectivity index (χ0n) is 23.2. The Bertz CT molecular complexity index is 1100. The van der Waals surface area contributed by atoms with Gasteiger partial charge in [0.1, 0.15) is 44.2 Å². The summed E-state index contributed by atoms with van der Waals surface area (Å²) in [7, 11) is -1.32. The predicted octanol–water partition coefficient (Wildman–Crippen LogP) is 2.99. The highest BCUT2D eigenvalue weighted by Gasteiger charge is 2.53. The van der Waals surface area contributed by atoms with Gasteiger partial charge in [0.25, 0.3) is 8.32 Å². The van der Waals surface area contributed by atoms with Crippen LogP contribution in [0.5, 0.6) is 0 Å². The van der Waals surface area contributed by atoms with Crippen molar-refractivity contribution in [2.45, 2.75) is 56.5 Å². The summed E-state index contributed by atoms with van der Waals surface area (Å²) in [5, 5.41) is 2.08. The lowest BCUT2D eigenvalue weighted by molar-refractivity contribution is -0.311. The van der Waals surface area contributed by atoms with E-state index in [1.54, 1.807) is 0 Å². The highest BCUT2D eigenvalue weighted by Crippen LogP contribution is 2.38. The highest BCUT2D eigenvalue weighted by atomic mass is 28.4. The highest BCUT2D eigenvalue weighted by molar-refractivity contribution is 6.99. The lowest BCUT2D eigenvalue weighted by Gasteiger charge is -2.47. The lowest BCUT2D eigenvalue weighted by Crippen LogP contribution is -2.68. The number of hydrogen-bond donors (Lipinski definition) is 0. The number of hydrogen-bond acceptors (Lipinski definition) is 6. The van der Waals surface area contributed by atoms with Crippen LogP contribution in [0, 0.1) is 37.0 Å². The molecule has 0 radical (unpaired) electrons. The van der Waals surface area contributed by atoms with E-state index in [0.29, 0.717) is 0 Å². The molecule has 3 rings (SSSR count). The smallest absolute Gasteiger partial charge is 0.261 e. The molecular weight excluding hydrogens is 508 g/mol. The van der Waals surface area contributed by atoms with Gasteiger partial charge < -0.3 is 28.1 Å². The molecule has 0 spiro atoms. The van der Waals surface area contributed by atoms with E-state index in [1.807, 2.05) is 36.4 Å². The van der Waals surface area contributed by atoms with Gasteiger partial charge in [-0.25, -0.2) is 0 Å². The van der Waals surface area contributed by atoms with E-state index in [9.17, 15) is 0 Å². The van der Waals surface area contributed by atoms with Crippen molar-refractivity contribution in [2.75, 3.05) is 33.5 Å². The summed E-state index contributed by atoms with van der Waals surface area (Å²) >= 11 is 0. The van der Waals surface area contributed by atoms with Crippen molar-refractivity contribution < 1.29 is 28.1 Å². The van der Waals surface area contributed by atoms with E-state index in [1.165, 1.54) is 7.11 Å². The number of rotatable bonds is 12. The minimum atomic E-state index is -2.86. The summed E-state index contributed by atoms with van der Waals surface area (Å²) < 4.78 is 37.3. The van der Waals surface area contributed by atoms with Crippen LogP contribution in [0.4, 0.5) is 0 Å². The van der Waals surface area contributed by atoms with Crippen LogP contribution in [0.3, 0.4) is 0 Å². The molecule has 6 nitrogen and oxygen atoms in total. The average Bonchev–Trinajstić information content (AvgIpc) is 2.95. The van der Waals surface area contributed by atoms with Crippen molar-refractivity contribution in [1.29, 1.82) is 0 Å². The molecule has 2 aromatic carbocycles. The van der Waals surface area contributed by atoms with Gasteiger partial charge in [-0.1, -0.05) is 99.2 Å². The molecule has 0 aromatic heterocycles. The van der Waals surface area contributed by atoms with Crippen molar-refractivity contribution in [3.63, 3.8) is 0 Å². The Kier molecular flexibility index (Phi) is 11.4. The molecule has 1 heterocycles. The second-order valence-corrected chi connectivity index (χ2v) is 14.5. The molecular formula is C32H38O6Si. The molecule has 0 unspecified atom stereocenters. The fourth-order valence-electron chi connectivity index (χ4n) is 5.17. The van der Waals surface area contributed by atoms with Crippen LogP contribution in [-0.4, -0.2) is 72.6 Å². The van der Waals surface area contributed by atoms with Gasteiger partial charge in [-0.15, -0.1) is 19.3 Å². The molecule has 0 saturated carbocycles. The largest absolute Gasteiger partial charge is 0.405 e. The van der Waals surface area contributed by atoms with Gasteiger partial charge in [0.2, 0.25) is 0 Å². The first kappa shape index (κ1) is 30.6. The lowest BCUT2D eigenvalue weighted by atomic mass is 9.98. The molecule has 0 N–H and O–H groups in total. The molecule has 1 fully saturated rings. The molecule has 0 amide bonds. The molecule has 2 aromatic rings. The van der Waals surface area contributed by atoms with Gasteiger partial charge in [-0.05, 0) is 15.4 Å². The molecule has 39 heavy (non-hydrogen) atoms. The number of ether oxygens (including phenoxy) is 5. The van der Waals surface area contributed by atoms with Gasteiger partial charge in [-0.2, -0.15) is 0 Å². The minimum Gasteiger partial charge on any atom is -0.405 e. The first-order chi connectivity index (χ1) is 18.8. The van der Waals surface area contributed by atoms with Crippen LogP contribution in [0.15, 0.2) is 60.7 Å². The second kappa shape index (κ2) is 14.5. The van der Waals surface area contributed by atoms with Crippen LogP contribution in [0.2, 0.25) is 5.04 Å². The molecule has 0 aliphatic carbocycles. The normalized spacial score (nSPS) is 23.4.